The minimum Gasteiger partial charge on any atom is -0.352 e. The van der Waals surface area contributed by atoms with E-state index in [1.54, 1.807) is 30.6 Å². The number of hydrogen-bond donors (Lipinski definition) is 2. The van der Waals surface area contributed by atoms with Gasteiger partial charge < -0.3 is 15.5 Å². The molecular formula is C17H23FN6S. The van der Waals surface area contributed by atoms with E-state index >= 15 is 0 Å². The molecule has 2 N–H and O–H groups in total. The number of aromatic nitrogens is 2. The monoisotopic (exact) mass is 362 g/mol. The van der Waals surface area contributed by atoms with Crippen molar-refractivity contribution < 1.29 is 4.39 Å². The summed E-state index contributed by atoms with van der Waals surface area (Å²) >= 11 is 1.68. The van der Waals surface area contributed by atoms with E-state index in [0.717, 1.165) is 36.0 Å². The predicted molar refractivity (Wildman–Crippen MR) is 99.6 cm³/mol. The molecule has 134 valence electrons. The summed E-state index contributed by atoms with van der Waals surface area (Å²) in [7, 11) is 1.75. The van der Waals surface area contributed by atoms with Crippen LogP contribution < -0.4 is 15.5 Å². The van der Waals surface area contributed by atoms with Gasteiger partial charge in [-0.15, -0.1) is 11.3 Å². The van der Waals surface area contributed by atoms with Gasteiger partial charge in [-0.25, -0.2) is 14.4 Å². The highest BCUT2D eigenvalue weighted by Gasteiger charge is 2.25. The van der Waals surface area contributed by atoms with Crippen molar-refractivity contribution in [2.45, 2.75) is 32.4 Å². The Hall–Kier alpha value is -2.22. The van der Waals surface area contributed by atoms with Crippen molar-refractivity contribution in [3.05, 3.63) is 40.2 Å². The minimum atomic E-state index is -0.277. The maximum atomic E-state index is 13.9. The molecule has 0 aliphatic carbocycles. The van der Waals surface area contributed by atoms with Gasteiger partial charge in [0.2, 0.25) is 0 Å². The van der Waals surface area contributed by atoms with E-state index in [2.05, 4.69) is 37.9 Å². The molecule has 1 aliphatic heterocycles. The van der Waals surface area contributed by atoms with Crippen molar-refractivity contribution in [2.24, 2.45) is 4.99 Å². The Morgan fingerprint density at radius 2 is 2.40 bits per heavy atom. The molecule has 0 amide bonds. The van der Waals surface area contributed by atoms with Crippen LogP contribution in [0.2, 0.25) is 0 Å². The predicted octanol–water partition coefficient (Wildman–Crippen LogP) is 2.18. The molecule has 1 unspecified atom stereocenters. The second-order valence-corrected chi connectivity index (χ2v) is 6.84. The Labute approximate surface area is 151 Å². The molecule has 0 saturated carbocycles. The number of hydrogen-bond acceptors (Lipinski definition) is 5. The van der Waals surface area contributed by atoms with E-state index in [1.807, 2.05) is 4.90 Å². The molecule has 1 saturated heterocycles. The van der Waals surface area contributed by atoms with Crippen LogP contribution in [-0.2, 0) is 13.0 Å². The summed E-state index contributed by atoms with van der Waals surface area (Å²) in [6.07, 6.45) is 3.49. The third-order valence-corrected chi connectivity index (χ3v) is 5.17. The van der Waals surface area contributed by atoms with Crippen LogP contribution >= 0.6 is 11.3 Å². The summed E-state index contributed by atoms with van der Waals surface area (Å²) in [4.78, 5) is 14.9. The van der Waals surface area contributed by atoms with Crippen LogP contribution in [0.1, 0.15) is 24.0 Å². The first-order valence-electron chi connectivity index (χ1n) is 8.45. The Kier molecular flexibility index (Phi) is 5.80. The van der Waals surface area contributed by atoms with Crippen LogP contribution in [0.4, 0.5) is 10.2 Å². The first-order chi connectivity index (χ1) is 12.2. The molecular weight excluding hydrogens is 339 g/mol. The van der Waals surface area contributed by atoms with Crippen LogP contribution in [0, 0.1) is 5.82 Å². The Balaban J connectivity index is 1.52. The van der Waals surface area contributed by atoms with E-state index in [9.17, 15) is 4.39 Å². The highest BCUT2D eigenvalue weighted by Crippen LogP contribution is 2.20. The molecule has 2 aromatic rings. The molecule has 0 aromatic carbocycles. The van der Waals surface area contributed by atoms with Crippen LogP contribution in [0.15, 0.2) is 28.7 Å². The molecule has 3 heterocycles. The van der Waals surface area contributed by atoms with Crippen LogP contribution in [0.3, 0.4) is 0 Å². The first-order valence-corrected chi connectivity index (χ1v) is 9.33. The number of anilines is 1. The lowest BCUT2D eigenvalue weighted by Crippen LogP contribution is -2.44. The zero-order valence-corrected chi connectivity index (χ0v) is 15.3. The fourth-order valence-electron chi connectivity index (χ4n) is 2.84. The molecule has 1 atom stereocenters. The number of halogens is 1. The smallest absolute Gasteiger partial charge is 0.191 e. The zero-order chi connectivity index (χ0) is 17.6. The van der Waals surface area contributed by atoms with Gasteiger partial charge >= 0.3 is 0 Å². The lowest BCUT2D eigenvalue weighted by Gasteiger charge is -2.19. The fraction of sp³-hybridized carbons (Fsp3) is 0.471. The maximum absolute atomic E-state index is 13.9. The fourth-order valence-corrected chi connectivity index (χ4v) is 3.58. The molecule has 8 heteroatoms. The molecule has 0 bridgehead atoms. The molecule has 3 rings (SSSR count). The maximum Gasteiger partial charge on any atom is 0.191 e. The topological polar surface area (TPSA) is 65.4 Å². The second kappa shape index (κ2) is 8.24. The molecule has 1 aliphatic rings. The Morgan fingerprint density at radius 1 is 1.52 bits per heavy atom. The largest absolute Gasteiger partial charge is 0.352 e. The highest BCUT2D eigenvalue weighted by atomic mass is 32.1. The zero-order valence-electron chi connectivity index (χ0n) is 14.5. The van der Waals surface area contributed by atoms with Crippen molar-refractivity contribution in [3.8, 4) is 0 Å². The van der Waals surface area contributed by atoms with Gasteiger partial charge in [0.15, 0.2) is 17.6 Å². The number of guanidine groups is 1. The summed E-state index contributed by atoms with van der Waals surface area (Å²) in [6, 6.07) is 3.26. The van der Waals surface area contributed by atoms with Gasteiger partial charge in [-0.3, -0.25) is 4.99 Å². The van der Waals surface area contributed by atoms with Gasteiger partial charge in [0.05, 0.1) is 17.2 Å². The van der Waals surface area contributed by atoms with Crippen LogP contribution in [0.25, 0.3) is 0 Å². The van der Waals surface area contributed by atoms with Gasteiger partial charge in [-0.05, 0) is 25.0 Å². The minimum absolute atomic E-state index is 0.203. The SMILES string of the molecule is CCc1nc(CNC(=NC)NC2CCN(c3ncccc3F)C2)cs1. The number of nitrogens with one attached hydrogen (secondary N) is 2. The van der Waals surface area contributed by atoms with E-state index in [1.165, 1.54) is 6.07 Å². The normalized spacial score (nSPS) is 17.8. The molecule has 2 aromatic heterocycles. The average Bonchev–Trinajstić information content (AvgIpc) is 3.28. The number of nitrogens with zero attached hydrogens (tertiary/aromatic N) is 4. The van der Waals surface area contributed by atoms with E-state index in [4.69, 9.17) is 0 Å². The summed E-state index contributed by atoms with van der Waals surface area (Å²) in [6.45, 7) is 4.22. The van der Waals surface area contributed by atoms with Gasteiger partial charge in [-0.2, -0.15) is 0 Å². The number of aryl methyl sites for hydroxylation is 1. The Bertz CT molecular complexity index is 731. The highest BCUT2D eigenvalue weighted by molar-refractivity contribution is 7.09. The van der Waals surface area contributed by atoms with E-state index in [0.29, 0.717) is 18.9 Å². The second-order valence-electron chi connectivity index (χ2n) is 5.90. The van der Waals surface area contributed by atoms with E-state index < -0.39 is 0 Å². The van der Waals surface area contributed by atoms with Gasteiger partial charge in [0, 0.05) is 37.8 Å². The van der Waals surface area contributed by atoms with Crippen molar-refractivity contribution >= 4 is 23.1 Å². The van der Waals surface area contributed by atoms with Gasteiger partial charge in [0.25, 0.3) is 0 Å². The van der Waals surface area contributed by atoms with Crippen LogP contribution in [0.5, 0.6) is 0 Å². The van der Waals surface area contributed by atoms with Crippen molar-refractivity contribution in [1.82, 2.24) is 20.6 Å². The number of aliphatic imine (C=N–C) groups is 1. The van der Waals surface area contributed by atoms with Crippen molar-refractivity contribution in [3.63, 3.8) is 0 Å². The van der Waals surface area contributed by atoms with Crippen molar-refractivity contribution in [2.75, 3.05) is 25.0 Å². The summed E-state index contributed by atoms with van der Waals surface area (Å²) in [5, 5.41) is 9.90. The van der Waals surface area contributed by atoms with Crippen LogP contribution in [-0.4, -0.2) is 42.1 Å². The summed E-state index contributed by atoms with van der Waals surface area (Å²) < 4.78 is 13.9. The average molecular weight is 362 g/mol. The third-order valence-electron chi connectivity index (χ3n) is 4.13. The van der Waals surface area contributed by atoms with Crippen molar-refractivity contribution in [1.29, 1.82) is 0 Å². The Morgan fingerprint density at radius 3 is 3.12 bits per heavy atom. The number of rotatable bonds is 5. The number of pyridine rings is 1. The number of thiazole rings is 1. The molecule has 0 radical (unpaired) electrons. The lowest BCUT2D eigenvalue weighted by molar-refractivity contribution is 0.612. The molecule has 0 spiro atoms. The summed E-state index contributed by atoms with van der Waals surface area (Å²) in [5.41, 5.74) is 1.02. The quantitative estimate of drug-likeness (QED) is 0.630. The molecule has 6 nitrogen and oxygen atoms in total. The molecule has 25 heavy (non-hydrogen) atoms. The lowest BCUT2D eigenvalue weighted by atomic mass is 10.3. The van der Waals surface area contributed by atoms with E-state index in [-0.39, 0.29) is 11.9 Å². The van der Waals surface area contributed by atoms with Gasteiger partial charge in [-0.1, -0.05) is 6.92 Å². The molecule has 1 fully saturated rings. The standard InChI is InChI=1S/C17H23FN6S/c1-3-15-22-13(11-25-15)9-21-17(19-2)23-12-6-8-24(10-12)16-14(18)5-4-7-20-16/h4-5,7,11-12H,3,6,8-10H2,1-2H3,(H2,19,21,23). The first kappa shape index (κ1) is 17.6. The summed E-state index contributed by atoms with van der Waals surface area (Å²) in [5.74, 6) is 0.879. The van der Waals surface area contributed by atoms with Gasteiger partial charge in [0.1, 0.15) is 0 Å². The third kappa shape index (κ3) is 4.45.